The van der Waals surface area contributed by atoms with Crippen molar-refractivity contribution in [1.82, 2.24) is 17.9 Å². The van der Waals surface area contributed by atoms with Gasteiger partial charge < -0.3 is 17.9 Å². The zero-order chi connectivity index (χ0) is 46.1. The molecule has 0 aliphatic heterocycles. The topological polar surface area (TPSA) is 18.7 Å². The van der Waals surface area contributed by atoms with Crippen molar-refractivity contribution in [2.75, 3.05) is 0 Å². The SMILES string of the molecule is [2H]c1c([2H])c([2H])c(-n2c3ccccc3c3c4c5ccccc5n5c6cc7c(cc6c(cc32)c45)c2c3c4ccccc4n(-c4c([2H])c([2H])c([2H])c([2H])c4[2H])c3cc3c4ccccc4n7c32)c([2H])c1[2H]. The first kappa shape index (κ1) is 22.1. The van der Waals surface area contributed by atoms with Gasteiger partial charge in [0.05, 0.1) is 68.9 Å². The van der Waals surface area contributed by atoms with Crippen LogP contribution in [0.5, 0.6) is 0 Å². The highest BCUT2D eigenvalue weighted by Gasteiger charge is 2.28. The molecule has 9 aromatic carbocycles. The molecule has 6 heterocycles. The number of benzene rings is 9. The third kappa shape index (κ3) is 3.30. The smallest absolute Gasteiger partial charge is 0.0645 e. The summed E-state index contributed by atoms with van der Waals surface area (Å²) >= 11 is 0. The summed E-state index contributed by atoms with van der Waals surface area (Å²) in [7, 11) is 0. The predicted molar refractivity (Wildman–Crippen MR) is 244 cm³/mol. The van der Waals surface area contributed by atoms with Gasteiger partial charge in [0.25, 0.3) is 0 Å². The molecule has 4 heteroatoms. The summed E-state index contributed by atoms with van der Waals surface area (Å²) in [5.74, 6) is 0. The molecule has 0 aliphatic carbocycles. The summed E-state index contributed by atoms with van der Waals surface area (Å²) < 4.78 is 96.7. The standard InChI is InChI=1S/C54H30N4/c1-3-15-31(16-4-1)55-43-25-13-9-21-35(43)50-47(55)28-38-33-19-7-11-23-41(33)57-46-30-45-37(27-40(46)52(50)53(38)57)39-29-48-49(51-36-22-10-14-26-44(36)58(45)54(39)51)34-20-8-12-24-42(34)56(48)32-17-5-2-6-18-32/h1-30H/i1D,2D,3D,4D,5D,6D,15D,16D,17D,18D. The molecule has 0 aliphatic rings. The van der Waals surface area contributed by atoms with Crippen molar-refractivity contribution in [3.63, 3.8) is 0 Å². The Labute approximate surface area is 343 Å². The van der Waals surface area contributed by atoms with Gasteiger partial charge in [-0.25, -0.2) is 0 Å². The zero-order valence-corrected chi connectivity index (χ0v) is 30.3. The van der Waals surface area contributed by atoms with Crippen molar-refractivity contribution in [3.8, 4) is 11.4 Å². The van der Waals surface area contributed by atoms with Gasteiger partial charge in [0.2, 0.25) is 0 Å². The van der Waals surface area contributed by atoms with Crippen molar-refractivity contribution in [3.05, 3.63) is 182 Å². The molecule has 0 radical (unpaired) electrons. The second-order valence-electron chi connectivity index (χ2n) is 15.3. The van der Waals surface area contributed by atoms with E-state index < -0.39 is 36.3 Å². The van der Waals surface area contributed by atoms with Gasteiger partial charge in [-0.2, -0.15) is 0 Å². The van der Waals surface area contributed by atoms with Gasteiger partial charge in [-0.3, -0.25) is 0 Å². The van der Waals surface area contributed by atoms with Gasteiger partial charge in [-0.15, -0.1) is 0 Å². The van der Waals surface area contributed by atoms with Gasteiger partial charge >= 0.3 is 0 Å². The van der Waals surface area contributed by atoms with Crippen LogP contribution in [0.1, 0.15) is 13.7 Å². The monoisotopic (exact) mass is 744 g/mol. The summed E-state index contributed by atoms with van der Waals surface area (Å²) in [5, 5.41) is 11.5. The molecule has 0 amide bonds. The number of hydrogen-bond acceptors (Lipinski definition) is 0. The van der Waals surface area contributed by atoms with Crippen molar-refractivity contribution in [2.24, 2.45) is 0 Å². The van der Waals surface area contributed by atoms with E-state index in [1.54, 1.807) is 0 Å². The van der Waals surface area contributed by atoms with E-state index in [0.29, 0.717) is 16.6 Å². The third-order valence-electron chi connectivity index (χ3n) is 12.7. The van der Waals surface area contributed by atoms with Gasteiger partial charge in [-0.1, -0.05) is 109 Å². The maximum atomic E-state index is 9.18. The van der Waals surface area contributed by atoms with E-state index in [2.05, 4.69) is 57.3 Å². The molecule has 0 N–H and O–H groups in total. The molecule has 0 saturated carbocycles. The van der Waals surface area contributed by atoms with Crippen LogP contribution in [-0.2, 0) is 0 Å². The van der Waals surface area contributed by atoms with Crippen LogP contribution in [0.4, 0.5) is 0 Å². The van der Waals surface area contributed by atoms with Gasteiger partial charge in [-0.05, 0) is 72.7 Å². The fourth-order valence-electron chi connectivity index (χ4n) is 10.7. The molecule has 0 bridgehead atoms. The summed E-state index contributed by atoms with van der Waals surface area (Å²) in [6, 6.07) is 37.5. The van der Waals surface area contributed by atoms with Gasteiger partial charge in [0, 0.05) is 76.0 Å². The van der Waals surface area contributed by atoms with Gasteiger partial charge in [0.15, 0.2) is 0 Å². The highest BCUT2D eigenvalue weighted by Crippen LogP contribution is 2.51. The van der Waals surface area contributed by atoms with Crippen molar-refractivity contribution < 1.29 is 13.7 Å². The second-order valence-corrected chi connectivity index (χ2v) is 15.3. The Balaban J connectivity index is 1.19. The molecule has 58 heavy (non-hydrogen) atoms. The molecule has 0 saturated heterocycles. The molecule has 0 spiro atoms. The van der Waals surface area contributed by atoms with Crippen LogP contribution in [0.2, 0.25) is 0 Å². The third-order valence-corrected chi connectivity index (χ3v) is 12.7. The molecule has 15 aromatic rings. The number of para-hydroxylation sites is 6. The van der Waals surface area contributed by atoms with E-state index in [1.807, 2.05) is 81.9 Å². The summed E-state index contributed by atoms with van der Waals surface area (Å²) in [6.07, 6.45) is 0. The molecule has 15 rings (SSSR count). The Morgan fingerprint density at radius 3 is 1.26 bits per heavy atom. The van der Waals surface area contributed by atoms with Crippen LogP contribution >= 0.6 is 0 Å². The Hall–Kier alpha value is -7.82. The first-order chi connectivity index (χ1) is 33.0. The number of aromatic nitrogens is 4. The van der Waals surface area contributed by atoms with E-state index in [-0.39, 0.29) is 35.5 Å². The Morgan fingerprint density at radius 1 is 0.293 bits per heavy atom. The maximum absolute atomic E-state index is 9.18. The van der Waals surface area contributed by atoms with Crippen LogP contribution in [0.3, 0.4) is 0 Å². The number of hydrogen-bond donors (Lipinski definition) is 0. The van der Waals surface area contributed by atoms with Crippen molar-refractivity contribution in [2.45, 2.75) is 0 Å². The zero-order valence-electron chi connectivity index (χ0n) is 40.3. The summed E-state index contributed by atoms with van der Waals surface area (Å²) in [6.45, 7) is 0. The lowest BCUT2D eigenvalue weighted by molar-refractivity contribution is 1.18. The largest absolute Gasteiger partial charge is 0.309 e. The average molecular weight is 745 g/mol. The molecular formula is C54H30N4. The lowest BCUT2D eigenvalue weighted by Crippen LogP contribution is -1.92. The minimum absolute atomic E-state index is 0.0838. The van der Waals surface area contributed by atoms with Crippen molar-refractivity contribution >= 4 is 120 Å². The summed E-state index contributed by atoms with van der Waals surface area (Å²) in [5.41, 5.74) is 9.05. The highest BCUT2D eigenvalue weighted by molar-refractivity contribution is 6.39. The Bertz CT molecular complexity index is 4810. The molecule has 266 valence electrons. The molecule has 0 atom stereocenters. The number of fused-ring (bicyclic) bond motifs is 20. The van der Waals surface area contributed by atoms with E-state index in [9.17, 15) is 2.74 Å². The maximum Gasteiger partial charge on any atom is 0.0645 e. The highest BCUT2D eigenvalue weighted by atomic mass is 15.0. The minimum Gasteiger partial charge on any atom is -0.309 e. The van der Waals surface area contributed by atoms with Crippen LogP contribution in [0.25, 0.3) is 131 Å². The normalized spacial score (nSPS) is 15.2. The molecular weight excluding hydrogens is 705 g/mol. The van der Waals surface area contributed by atoms with E-state index in [4.69, 9.17) is 11.0 Å². The van der Waals surface area contributed by atoms with Gasteiger partial charge in [0.1, 0.15) is 0 Å². The summed E-state index contributed by atoms with van der Waals surface area (Å²) in [4.78, 5) is 0. The van der Waals surface area contributed by atoms with Crippen LogP contribution in [0.15, 0.2) is 182 Å². The van der Waals surface area contributed by atoms with E-state index >= 15 is 0 Å². The number of rotatable bonds is 2. The second kappa shape index (κ2) is 10.1. The first-order valence-electron chi connectivity index (χ1n) is 24.3. The molecule has 0 fully saturated rings. The molecule has 4 nitrogen and oxygen atoms in total. The van der Waals surface area contributed by atoms with E-state index in [1.165, 1.54) is 0 Å². The van der Waals surface area contributed by atoms with Crippen LogP contribution in [-0.4, -0.2) is 17.9 Å². The van der Waals surface area contributed by atoms with Crippen molar-refractivity contribution in [1.29, 1.82) is 0 Å². The quantitative estimate of drug-likeness (QED) is 0.168. The molecule has 0 unspecified atom stereocenters. The lowest BCUT2D eigenvalue weighted by atomic mass is 9.99. The fraction of sp³-hybridized carbons (Fsp3) is 0. The van der Waals surface area contributed by atoms with E-state index in [0.717, 1.165) is 103 Å². The Kier molecular flexibility index (Phi) is 3.85. The van der Waals surface area contributed by atoms with Crippen LogP contribution in [0, 0.1) is 0 Å². The lowest BCUT2D eigenvalue weighted by Gasteiger charge is -2.08. The predicted octanol–water partition coefficient (Wildman–Crippen LogP) is 14.2. The minimum atomic E-state index is -0.449. The number of nitrogens with zero attached hydrogens (tertiary/aromatic N) is 4. The fourth-order valence-corrected chi connectivity index (χ4v) is 10.7. The first-order valence-corrected chi connectivity index (χ1v) is 19.3. The molecule has 6 aromatic heterocycles. The Morgan fingerprint density at radius 2 is 0.707 bits per heavy atom. The average Bonchev–Trinajstić information content (AvgIpc) is 4.19. The van der Waals surface area contributed by atoms with Crippen LogP contribution < -0.4 is 0 Å².